The summed E-state index contributed by atoms with van der Waals surface area (Å²) >= 11 is 0. The van der Waals surface area contributed by atoms with E-state index in [1.807, 2.05) is 12.1 Å². The van der Waals surface area contributed by atoms with Gasteiger partial charge in [-0.15, -0.1) is 0 Å². The fourth-order valence-corrected chi connectivity index (χ4v) is 3.27. The van der Waals surface area contributed by atoms with Gasteiger partial charge in [0.1, 0.15) is 11.6 Å². The van der Waals surface area contributed by atoms with Crippen molar-refractivity contribution in [3.05, 3.63) is 70.8 Å². The molecule has 2 nitrogen and oxygen atoms in total. The lowest BCUT2D eigenvalue weighted by Gasteiger charge is -2.31. The zero-order valence-corrected chi connectivity index (χ0v) is 11.7. The van der Waals surface area contributed by atoms with E-state index in [4.69, 9.17) is 5.84 Å². The molecule has 4 heteroatoms. The fourth-order valence-electron chi connectivity index (χ4n) is 3.27. The highest BCUT2D eigenvalue weighted by Gasteiger charge is 2.30. The molecule has 0 aromatic heterocycles. The summed E-state index contributed by atoms with van der Waals surface area (Å²) in [6.45, 7) is 0. The van der Waals surface area contributed by atoms with E-state index in [1.165, 1.54) is 29.3 Å². The van der Waals surface area contributed by atoms with Crippen molar-refractivity contribution >= 4 is 0 Å². The zero-order chi connectivity index (χ0) is 14.8. The van der Waals surface area contributed by atoms with Crippen LogP contribution in [0.4, 0.5) is 8.78 Å². The van der Waals surface area contributed by atoms with Crippen molar-refractivity contribution in [2.24, 2.45) is 11.8 Å². The average Bonchev–Trinajstić information content (AvgIpc) is 2.50. The molecule has 0 saturated heterocycles. The number of rotatable bonds is 3. The molecule has 0 saturated carbocycles. The highest BCUT2D eigenvalue weighted by atomic mass is 19.1. The van der Waals surface area contributed by atoms with Crippen LogP contribution in [-0.2, 0) is 12.8 Å². The Kier molecular flexibility index (Phi) is 3.99. The molecule has 0 bridgehead atoms. The van der Waals surface area contributed by atoms with Crippen molar-refractivity contribution in [3.63, 3.8) is 0 Å². The minimum Gasteiger partial charge on any atom is -0.271 e. The van der Waals surface area contributed by atoms with Gasteiger partial charge >= 0.3 is 0 Å². The van der Waals surface area contributed by atoms with Crippen LogP contribution in [0.1, 0.15) is 29.2 Å². The first kappa shape index (κ1) is 14.2. The van der Waals surface area contributed by atoms with E-state index in [0.29, 0.717) is 0 Å². The van der Waals surface area contributed by atoms with Crippen LogP contribution in [0.15, 0.2) is 42.5 Å². The summed E-state index contributed by atoms with van der Waals surface area (Å²) in [4.78, 5) is 0. The van der Waals surface area contributed by atoms with Crippen LogP contribution >= 0.6 is 0 Å². The Labute approximate surface area is 122 Å². The van der Waals surface area contributed by atoms with E-state index in [9.17, 15) is 8.78 Å². The molecule has 2 atom stereocenters. The van der Waals surface area contributed by atoms with Crippen molar-refractivity contribution in [2.75, 3.05) is 0 Å². The number of aryl methyl sites for hydroxylation is 1. The first-order valence-electron chi connectivity index (χ1n) is 7.17. The predicted octanol–water partition coefficient (Wildman–Crippen LogP) is 3.27. The van der Waals surface area contributed by atoms with Gasteiger partial charge in [-0.25, -0.2) is 8.78 Å². The van der Waals surface area contributed by atoms with Crippen LogP contribution in [0, 0.1) is 17.6 Å². The molecule has 110 valence electrons. The Morgan fingerprint density at radius 2 is 1.67 bits per heavy atom. The molecule has 1 aliphatic rings. The highest BCUT2D eigenvalue weighted by Crippen LogP contribution is 2.35. The molecule has 3 rings (SSSR count). The molecule has 2 unspecified atom stereocenters. The van der Waals surface area contributed by atoms with Crippen LogP contribution in [-0.4, -0.2) is 0 Å². The van der Waals surface area contributed by atoms with Gasteiger partial charge in [-0.1, -0.05) is 30.3 Å². The normalized spacial score (nSPS) is 19.1. The molecule has 0 fully saturated rings. The topological polar surface area (TPSA) is 38.0 Å². The van der Waals surface area contributed by atoms with Gasteiger partial charge in [-0.05, 0) is 48.4 Å². The quantitative estimate of drug-likeness (QED) is 0.672. The zero-order valence-electron chi connectivity index (χ0n) is 11.7. The van der Waals surface area contributed by atoms with Crippen LogP contribution in [0.5, 0.6) is 0 Å². The van der Waals surface area contributed by atoms with Gasteiger partial charge in [-0.2, -0.15) is 0 Å². The van der Waals surface area contributed by atoms with Crippen LogP contribution in [0.2, 0.25) is 0 Å². The van der Waals surface area contributed by atoms with Gasteiger partial charge in [0.05, 0.1) is 6.04 Å². The molecule has 0 radical (unpaired) electrons. The lowest BCUT2D eigenvalue weighted by molar-refractivity contribution is 0.312. The third-order valence-corrected chi connectivity index (χ3v) is 4.35. The number of nitrogens with one attached hydrogen (secondary N) is 1. The standard InChI is InChI=1S/C17H18F2N2/c18-14-6-3-7-15(19)16(14)17(21-20)13-9-8-11-4-1-2-5-12(11)10-13/h1-7,13,17,21H,8-10,20H2. The molecule has 0 heterocycles. The summed E-state index contributed by atoms with van der Waals surface area (Å²) < 4.78 is 28.0. The van der Waals surface area contributed by atoms with E-state index < -0.39 is 17.7 Å². The van der Waals surface area contributed by atoms with Crippen LogP contribution in [0.3, 0.4) is 0 Å². The smallest absolute Gasteiger partial charge is 0.130 e. The second-order valence-electron chi connectivity index (χ2n) is 5.55. The molecular weight excluding hydrogens is 270 g/mol. The summed E-state index contributed by atoms with van der Waals surface area (Å²) in [6, 6.07) is 11.6. The summed E-state index contributed by atoms with van der Waals surface area (Å²) in [7, 11) is 0. The Hall–Kier alpha value is -1.78. The van der Waals surface area contributed by atoms with Crippen LogP contribution in [0.25, 0.3) is 0 Å². The van der Waals surface area contributed by atoms with Gasteiger partial charge in [0.15, 0.2) is 0 Å². The number of fused-ring (bicyclic) bond motifs is 1. The molecule has 21 heavy (non-hydrogen) atoms. The summed E-state index contributed by atoms with van der Waals surface area (Å²) in [5, 5.41) is 0. The Morgan fingerprint density at radius 3 is 2.33 bits per heavy atom. The second-order valence-corrected chi connectivity index (χ2v) is 5.55. The van der Waals surface area contributed by atoms with Gasteiger partial charge in [0.2, 0.25) is 0 Å². The third kappa shape index (κ3) is 2.69. The lowest BCUT2D eigenvalue weighted by Crippen LogP contribution is -2.37. The number of hydrogen-bond donors (Lipinski definition) is 2. The maximum atomic E-state index is 14.0. The van der Waals surface area contributed by atoms with Crippen molar-refractivity contribution in [1.82, 2.24) is 5.43 Å². The Balaban J connectivity index is 1.92. The maximum absolute atomic E-state index is 14.0. The number of halogens is 2. The second kappa shape index (κ2) is 5.92. The van der Waals surface area contributed by atoms with E-state index in [-0.39, 0.29) is 11.5 Å². The molecule has 0 spiro atoms. The Bertz CT molecular complexity index is 622. The van der Waals surface area contributed by atoms with Gasteiger partial charge in [-0.3, -0.25) is 11.3 Å². The molecule has 3 N–H and O–H groups in total. The van der Waals surface area contributed by atoms with E-state index in [2.05, 4.69) is 17.6 Å². The highest BCUT2D eigenvalue weighted by molar-refractivity contribution is 5.32. The Morgan fingerprint density at radius 1 is 1.00 bits per heavy atom. The van der Waals surface area contributed by atoms with Crippen molar-refractivity contribution in [1.29, 1.82) is 0 Å². The molecule has 1 aliphatic carbocycles. The SMILES string of the molecule is NNC(c1c(F)cccc1F)C1CCc2ccccc2C1. The van der Waals surface area contributed by atoms with Gasteiger partial charge in [0.25, 0.3) is 0 Å². The minimum atomic E-state index is -0.545. The number of hydrazine groups is 1. The maximum Gasteiger partial charge on any atom is 0.130 e. The third-order valence-electron chi connectivity index (χ3n) is 4.35. The van der Waals surface area contributed by atoms with Crippen molar-refractivity contribution in [3.8, 4) is 0 Å². The summed E-state index contributed by atoms with van der Waals surface area (Å²) in [6.07, 6.45) is 2.55. The first-order chi connectivity index (χ1) is 10.2. The van der Waals surface area contributed by atoms with E-state index >= 15 is 0 Å². The minimum absolute atomic E-state index is 0.0457. The molecule has 0 aliphatic heterocycles. The summed E-state index contributed by atoms with van der Waals surface area (Å²) in [5.74, 6) is 4.60. The monoisotopic (exact) mass is 288 g/mol. The molecule has 2 aromatic rings. The van der Waals surface area contributed by atoms with Crippen LogP contribution < -0.4 is 11.3 Å². The van der Waals surface area contributed by atoms with E-state index in [0.717, 1.165) is 19.3 Å². The van der Waals surface area contributed by atoms with Crippen molar-refractivity contribution in [2.45, 2.75) is 25.3 Å². The molecular formula is C17H18F2N2. The molecule has 0 amide bonds. The fraction of sp³-hybridized carbons (Fsp3) is 0.294. The summed E-state index contributed by atoms with van der Waals surface area (Å²) in [5.41, 5.74) is 5.23. The predicted molar refractivity (Wildman–Crippen MR) is 78.4 cm³/mol. The largest absolute Gasteiger partial charge is 0.271 e. The average molecular weight is 288 g/mol. The lowest BCUT2D eigenvalue weighted by atomic mass is 9.78. The number of nitrogens with two attached hydrogens (primary N) is 1. The first-order valence-corrected chi connectivity index (χ1v) is 7.17. The van der Waals surface area contributed by atoms with Gasteiger partial charge < -0.3 is 0 Å². The molecule has 2 aromatic carbocycles. The van der Waals surface area contributed by atoms with Crippen molar-refractivity contribution < 1.29 is 8.78 Å². The van der Waals surface area contributed by atoms with E-state index in [1.54, 1.807) is 0 Å². The number of hydrogen-bond acceptors (Lipinski definition) is 2. The number of benzene rings is 2. The van der Waals surface area contributed by atoms with Gasteiger partial charge in [0, 0.05) is 5.56 Å².